The zero-order chi connectivity index (χ0) is 15.4. The van der Waals surface area contributed by atoms with Crippen LogP contribution in [0.1, 0.15) is 45.3 Å². The largest absolute Gasteiger partial charge is 0.387 e. The van der Waals surface area contributed by atoms with Crippen LogP contribution in [0.2, 0.25) is 0 Å². The van der Waals surface area contributed by atoms with Crippen molar-refractivity contribution in [2.75, 3.05) is 6.54 Å². The van der Waals surface area contributed by atoms with Crippen molar-refractivity contribution >= 4 is 11.0 Å². The smallest absolute Gasteiger partial charge is 0.0955 e. The fraction of sp³-hybridized carbons (Fsp3) is 0.588. The first-order chi connectivity index (χ1) is 10.0. The molecule has 21 heavy (non-hydrogen) atoms. The Morgan fingerprint density at radius 3 is 2.76 bits per heavy atom. The third-order valence-electron chi connectivity index (χ3n) is 4.06. The second kappa shape index (κ2) is 7.05. The van der Waals surface area contributed by atoms with Crippen molar-refractivity contribution in [3.63, 3.8) is 0 Å². The van der Waals surface area contributed by atoms with Gasteiger partial charge in [0.05, 0.1) is 23.5 Å². The number of imidazole rings is 1. The van der Waals surface area contributed by atoms with Crippen molar-refractivity contribution in [2.24, 2.45) is 13.0 Å². The normalized spacial score (nSPS) is 14.8. The number of hydrogen-bond acceptors (Lipinski definition) is 3. The maximum absolute atomic E-state index is 10.7. The number of nitrogens with zero attached hydrogens (tertiary/aromatic N) is 2. The van der Waals surface area contributed by atoms with Crippen LogP contribution >= 0.6 is 0 Å². The number of hydrogen-bond donors (Lipinski definition) is 2. The fourth-order valence-electron chi connectivity index (χ4n) is 2.70. The van der Waals surface area contributed by atoms with E-state index in [1.807, 2.05) is 29.8 Å². The summed E-state index contributed by atoms with van der Waals surface area (Å²) >= 11 is 0. The molecule has 2 N–H and O–H groups in total. The van der Waals surface area contributed by atoms with Crippen LogP contribution in [0.4, 0.5) is 0 Å². The Labute approximate surface area is 127 Å². The van der Waals surface area contributed by atoms with Gasteiger partial charge in [0.2, 0.25) is 0 Å². The van der Waals surface area contributed by atoms with E-state index in [1.54, 1.807) is 6.33 Å². The molecule has 0 saturated carbocycles. The van der Waals surface area contributed by atoms with Gasteiger partial charge in [-0.25, -0.2) is 4.98 Å². The summed E-state index contributed by atoms with van der Waals surface area (Å²) in [6, 6.07) is 6.10. The molecule has 0 spiro atoms. The number of nitrogens with one attached hydrogen (secondary N) is 1. The molecular weight excluding hydrogens is 262 g/mol. The summed E-state index contributed by atoms with van der Waals surface area (Å²) in [5.74, 6) is 0.372. The van der Waals surface area contributed by atoms with Gasteiger partial charge in [0.1, 0.15) is 0 Å². The van der Waals surface area contributed by atoms with Crippen LogP contribution in [0.5, 0.6) is 0 Å². The van der Waals surface area contributed by atoms with E-state index >= 15 is 0 Å². The van der Waals surface area contributed by atoms with E-state index in [0.717, 1.165) is 36.0 Å². The Morgan fingerprint density at radius 2 is 2.10 bits per heavy atom. The summed E-state index contributed by atoms with van der Waals surface area (Å²) in [6.45, 7) is 7.41. The third-order valence-corrected chi connectivity index (χ3v) is 4.06. The van der Waals surface area contributed by atoms with Gasteiger partial charge in [0, 0.05) is 13.1 Å². The van der Waals surface area contributed by atoms with E-state index in [0.29, 0.717) is 5.92 Å². The molecule has 2 atom stereocenters. The molecule has 0 aliphatic rings. The lowest BCUT2D eigenvalue weighted by Crippen LogP contribution is -2.39. The summed E-state index contributed by atoms with van der Waals surface area (Å²) in [7, 11) is 1.98. The number of aryl methyl sites for hydroxylation is 1. The maximum Gasteiger partial charge on any atom is 0.0955 e. The minimum absolute atomic E-state index is 0.0673. The van der Waals surface area contributed by atoms with Gasteiger partial charge in [-0.15, -0.1) is 0 Å². The minimum Gasteiger partial charge on any atom is -0.387 e. The lowest BCUT2D eigenvalue weighted by Gasteiger charge is -2.28. The molecular formula is C17H27N3O. The van der Waals surface area contributed by atoms with Crippen molar-refractivity contribution in [3.05, 3.63) is 30.1 Å². The molecule has 0 fully saturated rings. The van der Waals surface area contributed by atoms with Gasteiger partial charge in [-0.2, -0.15) is 0 Å². The zero-order valence-electron chi connectivity index (χ0n) is 13.5. The minimum atomic E-state index is -0.506. The standard InChI is InChI=1S/C17H27N3O/c1-5-6-9-18-16(12(2)3)17(21)13-7-8-15-14(10-13)19-11-20(15)4/h7-8,10-12,16-18,21H,5-6,9H2,1-4H3. The zero-order valence-corrected chi connectivity index (χ0v) is 13.5. The van der Waals surface area contributed by atoms with E-state index in [4.69, 9.17) is 0 Å². The van der Waals surface area contributed by atoms with Gasteiger partial charge < -0.3 is 15.0 Å². The second-order valence-corrected chi connectivity index (χ2v) is 6.13. The van der Waals surface area contributed by atoms with Crippen molar-refractivity contribution in [2.45, 2.75) is 45.8 Å². The molecule has 1 heterocycles. The first-order valence-electron chi connectivity index (χ1n) is 7.87. The van der Waals surface area contributed by atoms with E-state index < -0.39 is 6.10 Å². The monoisotopic (exact) mass is 289 g/mol. The molecule has 0 amide bonds. The van der Waals surface area contributed by atoms with Gasteiger partial charge in [0.25, 0.3) is 0 Å². The van der Waals surface area contributed by atoms with Crippen LogP contribution in [-0.4, -0.2) is 27.2 Å². The maximum atomic E-state index is 10.7. The number of rotatable bonds is 7. The Bertz CT molecular complexity index is 576. The van der Waals surface area contributed by atoms with Crippen molar-refractivity contribution < 1.29 is 5.11 Å². The second-order valence-electron chi connectivity index (χ2n) is 6.13. The molecule has 2 rings (SSSR count). The van der Waals surface area contributed by atoms with E-state index in [2.05, 4.69) is 31.1 Å². The molecule has 2 unspecified atom stereocenters. The molecule has 0 radical (unpaired) electrons. The van der Waals surface area contributed by atoms with Crippen LogP contribution in [-0.2, 0) is 7.05 Å². The summed E-state index contributed by atoms with van der Waals surface area (Å²) in [6.07, 6.45) is 3.59. The van der Waals surface area contributed by atoms with Crippen LogP contribution in [0.15, 0.2) is 24.5 Å². The van der Waals surface area contributed by atoms with Crippen LogP contribution in [0.3, 0.4) is 0 Å². The summed E-state index contributed by atoms with van der Waals surface area (Å²) < 4.78 is 1.99. The third kappa shape index (κ3) is 3.63. The van der Waals surface area contributed by atoms with Gasteiger partial charge in [-0.05, 0) is 36.6 Å². The Hall–Kier alpha value is -1.39. The predicted octanol–water partition coefficient (Wildman–Crippen LogP) is 3.02. The Morgan fingerprint density at radius 1 is 1.33 bits per heavy atom. The van der Waals surface area contributed by atoms with Crippen LogP contribution < -0.4 is 5.32 Å². The summed E-state index contributed by atoms with van der Waals surface area (Å²) in [5.41, 5.74) is 2.96. The average molecular weight is 289 g/mol. The average Bonchev–Trinajstić information content (AvgIpc) is 2.83. The Kier molecular flexibility index (Phi) is 5.37. The Balaban J connectivity index is 2.18. The molecule has 4 nitrogen and oxygen atoms in total. The number of fused-ring (bicyclic) bond motifs is 1. The fourth-order valence-corrected chi connectivity index (χ4v) is 2.70. The predicted molar refractivity (Wildman–Crippen MR) is 87.2 cm³/mol. The highest BCUT2D eigenvalue weighted by atomic mass is 16.3. The SMILES string of the molecule is CCCCNC(C(C)C)C(O)c1ccc2c(c1)ncn2C. The van der Waals surface area contributed by atoms with Crippen molar-refractivity contribution in [1.29, 1.82) is 0 Å². The van der Waals surface area contributed by atoms with Crippen molar-refractivity contribution in [3.8, 4) is 0 Å². The number of benzene rings is 1. The summed E-state index contributed by atoms with van der Waals surface area (Å²) in [5, 5.41) is 14.2. The molecule has 0 saturated heterocycles. The van der Waals surface area contributed by atoms with Crippen LogP contribution in [0, 0.1) is 5.92 Å². The van der Waals surface area contributed by atoms with Crippen LogP contribution in [0.25, 0.3) is 11.0 Å². The van der Waals surface area contributed by atoms with Gasteiger partial charge in [-0.3, -0.25) is 0 Å². The molecule has 4 heteroatoms. The number of aliphatic hydroxyl groups is 1. The van der Waals surface area contributed by atoms with Crippen molar-refractivity contribution in [1.82, 2.24) is 14.9 Å². The highest BCUT2D eigenvalue weighted by Crippen LogP contribution is 2.25. The first-order valence-corrected chi connectivity index (χ1v) is 7.87. The lowest BCUT2D eigenvalue weighted by molar-refractivity contribution is 0.105. The molecule has 0 aliphatic carbocycles. The van der Waals surface area contributed by atoms with Gasteiger partial charge in [-0.1, -0.05) is 33.3 Å². The van der Waals surface area contributed by atoms with Gasteiger partial charge in [0.15, 0.2) is 0 Å². The number of aliphatic hydroxyl groups excluding tert-OH is 1. The highest BCUT2D eigenvalue weighted by molar-refractivity contribution is 5.76. The van der Waals surface area contributed by atoms with Gasteiger partial charge >= 0.3 is 0 Å². The summed E-state index contributed by atoms with van der Waals surface area (Å²) in [4.78, 5) is 4.37. The quantitative estimate of drug-likeness (QED) is 0.770. The lowest BCUT2D eigenvalue weighted by atomic mass is 9.93. The highest BCUT2D eigenvalue weighted by Gasteiger charge is 2.23. The van der Waals surface area contributed by atoms with E-state index in [1.165, 1.54) is 0 Å². The number of unbranched alkanes of at least 4 members (excludes halogenated alkanes) is 1. The first kappa shape index (κ1) is 16.0. The van der Waals surface area contributed by atoms with E-state index in [-0.39, 0.29) is 6.04 Å². The molecule has 116 valence electrons. The molecule has 1 aromatic carbocycles. The van der Waals surface area contributed by atoms with E-state index in [9.17, 15) is 5.11 Å². The topological polar surface area (TPSA) is 50.1 Å². The molecule has 2 aromatic rings. The molecule has 1 aromatic heterocycles. The molecule has 0 aliphatic heterocycles. The number of aromatic nitrogens is 2. The molecule has 0 bridgehead atoms.